The van der Waals surface area contributed by atoms with Crippen molar-refractivity contribution >= 4 is 31.0 Å². The van der Waals surface area contributed by atoms with Gasteiger partial charge < -0.3 is 5.32 Å². The summed E-state index contributed by atoms with van der Waals surface area (Å²) in [6, 6.07) is 6.99. The van der Waals surface area contributed by atoms with Crippen molar-refractivity contribution < 1.29 is 21.2 Å². The van der Waals surface area contributed by atoms with E-state index in [1.54, 1.807) is 18.3 Å². The number of aryl methyl sites for hydroxylation is 1. The van der Waals surface area contributed by atoms with Gasteiger partial charge in [0.25, 0.3) is 0 Å². The standard InChI is InChI=1S/C17H20FNO4S3/c1-12-4-5-14(18)16(9-12)26(22,23)17-11-25(20,21)10-15(17)19-7-6-13-3-2-8-24-13/h2-5,8-9,15,17,19H,6-7,10-11H2,1H3/t15-,17-/m0/s1. The smallest absolute Gasteiger partial charge is 0.186 e. The molecule has 0 saturated carbocycles. The van der Waals surface area contributed by atoms with E-state index in [4.69, 9.17) is 0 Å². The molecule has 2 atom stereocenters. The molecule has 0 bridgehead atoms. The summed E-state index contributed by atoms with van der Waals surface area (Å²) in [5.74, 6) is -1.59. The summed E-state index contributed by atoms with van der Waals surface area (Å²) in [5, 5.41) is 3.82. The highest BCUT2D eigenvalue weighted by molar-refractivity contribution is 7.96. The van der Waals surface area contributed by atoms with Crippen LogP contribution >= 0.6 is 11.3 Å². The van der Waals surface area contributed by atoms with E-state index in [0.29, 0.717) is 18.5 Å². The normalized spacial score (nSPS) is 22.5. The summed E-state index contributed by atoms with van der Waals surface area (Å²) in [6.45, 7) is 2.13. The maximum Gasteiger partial charge on any atom is 0.186 e. The molecular formula is C17H20FNO4S3. The first kappa shape index (κ1) is 19.5. The van der Waals surface area contributed by atoms with E-state index in [2.05, 4.69) is 5.32 Å². The second-order valence-corrected chi connectivity index (χ2v) is 11.8. The second kappa shape index (κ2) is 7.38. The molecule has 2 heterocycles. The van der Waals surface area contributed by atoms with Crippen LogP contribution in [0, 0.1) is 12.7 Å². The topological polar surface area (TPSA) is 80.3 Å². The molecule has 0 radical (unpaired) electrons. The highest BCUT2D eigenvalue weighted by Gasteiger charge is 2.46. The highest BCUT2D eigenvalue weighted by atomic mass is 32.2. The maximum absolute atomic E-state index is 14.1. The van der Waals surface area contributed by atoms with Crippen LogP contribution in [0.25, 0.3) is 0 Å². The molecule has 1 aliphatic heterocycles. The fraction of sp³-hybridized carbons (Fsp3) is 0.412. The van der Waals surface area contributed by atoms with Gasteiger partial charge in [0.05, 0.1) is 16.8 Å². The van der Waals surface area contributed by atoms with E-state index in [-0.39, 0.29) is 5.75 Å². The van der Waals surface area contributed by atoms with Gasteiger partial charge in [0.2, 0.25) is 0 Å². The fourth-order valence-electron chi connectivity index (χ4n) is 3.14. The van der Waals surface area contributed by atoms with Gasteiger partial charge in [0.15, 0.2) is 19.7 Å². The van der Waals surface area contributed by atoms with Gasteiger partial charge in [0, 0.05) is 17.5 Å². The lowest BCUT2D eigenvalue weighted by atomic mass is 10.2. The van der Waals surface area contributed by atoms with E-state index in [1.165, 1.54) is 12.1 Å². The van der Waals surface area contributed by atoms with Gasteiger partial charge in [-0.25, -0.2) is 21.2 Å². The van der Waals surface area contributed by atoms with E-state index >= 15 is 0 Å². The van der Waals surface area contributed by atoms with Crippen LogP contribution in [0.3, 0.4) is 0 Å². The molecule has 1 N–H and O–H groups in total. The minimum atomic E-state index is -4.11. The first-order valence-corrected chi connectivity index (χ1v) is 12.4. The molecule has 1 saturated heterocycles. The van der Waals surface area contributed by atoms with E-state index in [1.807, 2.05) is 17.5 Å². The molecule has 0 unspecified atom stereocenters. The molecule has 26 heavy (non-hydrogen) atoms. The van der Waals surface area contributed by atoms with Gasteiger partial charge >= 0.3 is 0 Å². The lowest BCUT2D eigenvalue weighted by molar-refractivity contribution is 0.521. The zero-order valence-electron chi connectivity index (χ0n) is 14.2. The van der Waals surface area contributed by atoms with Crippen LogP contribution in [-0.4, -0.2) is 46.2 Å². The number of hydrogen-bond acceptors (Lipinski definition) is 6. The lowest BCUT2D eigenvalue weighted by Crippen LogP contribution is -2.44. The van der Waals surface area contributed by atoms with Crippen molar-refractivity contribution in [3.05, 3.63) is 52.0 Å². The van der Waals surface area contributed by atoms with Crippen molar-refractivity contribution in [3.8, 4) is 0 Å². The minimum absolute atomic E-state index is 0.255. The number of benzene rings is 1. The highest BCUT2D eigenvalue weighted by Crippen LogP contribution is 2.28. The number of halogens is 1. The summed E-state index contributed by atoms with van der Waals surface area (Å²) in [7, 11) is -7.61. The third-order valence-corrected chi connectivity index (χ3v) is 9.55. The van der Waals surface area contributed by atoms with Crippen molar-refractivity contribution in [2.24, 2.45) is 0 Å². The molecule has 0 aliphatic carbocycles. The first-order chi connectivity index (χ1) is 12.2. The van der Waals surface area contributed by atoms with Crippen LogP contribution < -0.4 is 5.32 Å². The first-order valence-electron chi connectivity index (χ1n) is 8.15. The van der Waals surface area contributed by atoms with Crippen molar-refractivity contribution in [1.29, 1.82) is 0 Å². The van der Waals surface area contributed by atoms with Crippen molar-refractivity contribution in [1.82, 2.24) is 5.32 Å². The monoisotopic (exact) mass is 417 g/mol. The Morgan fingerprint density at radius 2 is 2.04 bits per heavy atom. The Labute approximate surface area is 157 Å². The predicted molar refractivity (Wildman–Crippen MR) is 101 cm³/mol. The molecule has 1 fully saturated rings. The largest absolute Gasteiger partial charge is 0.311 e. The molecule has 5 nitrogen and oxygen atoms in total. The maximum atomic E-state index is 14.1. The van der Waals surface area contributed by atoms with Gasteiger partial charge in [-0.05, 0) is 42.5 Å². The van der Waals surface area contributed by atoms with Crippen LogP contribution in [0.2, 0.25) is 0 Å². The Kier molecular flexibility index (Phi) is 5.53. The Bertz CT molecular complexity index is 985. The fourth-order valence-corrected chi connectivity index (χ4v) is 8.72. The third kappa shape index (κ3) is 4.16. The predicted octanol–water partition coefficient (Wildman–Crippen LogP) is 1.97. The zero-order chi connectivity index (χ0) is 18.9. The minimum Gasteiger partial charge on any atom is -0.311 e. The zero-order valence-corrected chi connectivity index (χ0v) is 16.6. The molecule has 3 rings (SSSR count). The Balaban J connectivity index is 1.83. The van der Waals surface area contributed by atoms with E-state index < -0.39 is 47.4 Å². The molecule has 142 valence electrons. The van der Waals surface area contributed by atoms with Gasteiger partial charge in [0.1, 0.15) is 10.7 Å². The number of thiophene rings is 1. The van der Waals surface area contributed by atoms with Gasteiger partial charge in [-0.15, -0.1) is 11.3 Å². The number of nitrogens with one attached hydrogen (secondary N) is 1. The van der Waals surface area contributed by atoms with Crippen LogP contribution in [0.4, 0.5) is 4.39 Å². The van der Waals surface area contributed by atoms with Crippen LogP contribution in [0.15, 0.2) is 40.6 Å². The Morgan fingerprint density at radius 3 is 2.73 bits per heavy atom. The Morgan fingerprint density at radius 1 is 1.27 bits per heavy atom. The molecule has 2 aromatic rings. The molecule has 1 aromatic carbocycles. The molecular weight excluding hydrogens is 397 g/mol. The summed E-state index contributed by atoms with van der Waals surface area (Å²) in [6.07, 6.45) is 0.680. The average molecular weight is 418 g/mol. The number of hydrogen-bond donors (Lipinski definition) is 1. The summed E-state index contributed by atoms with van der Waals surface area (Å²) in [4.78, 5) is 0.701. The third-order valence-electron chi connectivity index (χ3n) is 4.45. The Hall–Kier alpha value is -1.29. The number of sulfone groups is 2. The summed E-state index contributed by atoms with van der Waals surface area (Å²) in [5.41, 5.74) is 0.605. The lowest BCUT2D eigenvalue weighted by Gasteiger charge is -2.20. The molecule has 9 heteroatoms. The van der Waals surface area contributed by atoms with Gasteiger partial charge in [-0.1, -0.05) is 12.1 Å². The summed E-state index contributed by atoms with van der Waals surface area (Å²) >= 11 is 1.59. The second-order valence-electron chi connectivity index (χ2n) is 6.48. The quantitative estimate of drug-likeness (QED) is 0.777. The van der Waals surface area contributed by atoms with Crippen molar-refractivity contribution in [2.45, 2.75) is 29.5 Å². The summed E-state index contributed by atoms with van der Waals surface area (Å²) < 4.78 is 64.2. The van der Waals surface area contributed by atoms with Crippen molar-refractivity contribution in [2.75, 3.05) is 18.1 Å². The van der Waals surface area contributed by atoms with Crippen LogP contribution in [-0.2, 0) is 26.1 Å². The van der Waals surface area contributed by atoms with Gasteiger partial charge in [-0.3, -0.25) is 0 Å². The van der Waals surface area contributed by atoms with Gasteiger partial charge in [-0.2, -0.15) is 0 Å². The van der Waals surface area contributed by atoms with Crippen LogP contribution in [0.1, 0.15) is 10.4 Å². The molecule has 0 spiro atoms. The van der Waals surface area contributed by atoms with E-state index in [9.17, 15) is 21.2 Å². The average Bonchev–Trinajstić information content (AvgIpc) is 3.17. The molecule has 1 aromatic heterocycles. The van der Waals surface area contributed by atoms with Crippen molar-refractivity contribution in [3.63, 3.8) is 0 Å². The van der Waals surface area contributed by atoms with E-state index in [0.717, 1.165) is 10.9 Å². The molecule has 0 amide bonds. The number of rotatable bonds is 6. The van der Waals surface area contributed by atoms with Crippen LogP contribution in [0.5, 0.6) is 0 Å². The SMILES string of the molecule is Cc1ccc(F)c(S(=O)(=O)[C@H]2CS(=O)(=O)C[C@@H]2NCCc2cccs2)c1. The molecule has 1 aliphatic rings.